The zero-order chi connectivity index (χ0) is 13.1. The van der Waals surface area contributed by atoms with Gasteiger partial charge in [0.05, 0.1) is 25.3 Å². The van der Waals surface area contributed by atoms with Gasteiger partial charge in [0, 0.05) is 5.56 Å². The van der Waals surface area contributed by atoms with Crippen molar-refractivity contribution in [2.24, 2.45) is 0 Å². The van der Waals surface area contributed by atoms with Crippen molar-refractivity contribution in [2.45, 2.75) is 11.8 Å². The number of benzene rings is 1. The summed E-state index contributed by atoms with van der Waals surface area (Å²) in [5.41, 5.74) is 0.538. The minimum Gasteiger partial charge on any atom is -0.394 e. The van der Waals surface area contributed by atoms with E-state index in [2.05, 4.69) is 0 Å². The minimum absolute atomic E-state index is 0.0787. The van der Waals surface area contributed by atoms with Crippen LogP contribution in [0.15, 0.2) is 30.3 Å². The quantitative estimate of drug-likeness (QED) is 0.629. The molecule has 0 aliphatic carbocycles. The number of aliphatic hydroxyl groups is 2. The zero-order valence-corrected chi connectivity index (χ0v) is 10.1. The first-order valence-corrected chi connectivity index (χ1v) is 5.62. The van der Waals surface area contributed by atoms with E-state index in [1.807, 2.05) is 6.07 Å². The van der Waals surface area contributed by atoms with Crippen LogP contribution in [0.2, 0.25) is 0 Å². The first-order chi connectivity index (χ1) is 8.17. The normalized spacial score (nSPS) is 11.3. The Morgan fingerprint density at radius 1 is 1.24 bits per heavy atom. The Labute approximate surface area is 105 Å². The lowest BCUT2D eigenvalue weighted by Crippen LogP contribution is -2.15. The Morgan fingerprint density at radius 2 is 1.76 bits per heavy atom. The average molecular weight is 263 g/mol. The van der Waals surface area contributed by atoms with E-state index in [9.17, 15) is 9.18 Å². The van der Waals surface area contributed by atoms with Gasteiger partial charge in [-0.05, 0) is 6.42 Å². The highest BCUT2D eigenvalue weighted by Gasteiger charge is 2.16. The summed E-state index contributed by atoms with van der Waals surface area (Å²) in [5.74, 6) is -0.208. The highest BCUT2D eigenvalue weighted by Crippen LogP contribution is 2.11. The van der Waals surface area contributed by atoms with E-state index in [-0.39, 0.29) is 25.4 Å². The molecule has 0 fully saturated rings. The second-order valence-electron chi connectivity index (χ2n) is 3.12. The van der Waals surface area contributed by atoms with E-state index in [0.29, 0.717) is 5.56 Å². The molecule has 96 valence electrons. The lowest BCUT2D eigenvalue weighted by Gasteiger charge is -2.05. The second kappa shape index (κ2) is 10.2. The summed E-state index contributed by atoms with van der Waals surface area (Å²) in [7, 11) is 0. The molecule has 0 heterocycles. The van der Waals surface area contributed by atoms with Crippen molar-refractivity contribution in [3.63, 3.8) is 0 Å². The van der Waals surface area contributed by atoms with Crippen LogP contribution >= 0.6 is 11.6 Å². The van der Waals surface area contributed by atoms with Gasteiger partial charge < -0.3 is 10.2 Å². The van der Waals surface area contributed by atoms with Crippen LogP contribution in [0.5, 0.6) is 0 Å². The van der Waals surface area contributed by atoms with E-state index < -0.39 is 12.1 Å². The second-order valence-corrected chi connectivity index (χ2v) is 3.65. The SMILES string of the molecule is O=C(c1ccccc1)C(Cl)CCF.OCCO. The number of aliphatic hydroxyl groups excluding tert-OH is 2. The lowest BCUT2D eigenvalue weighted by atomic mass is 10.1. The molecule has 1 rings (SSSR count). The Bertz CT molecular complexity index is 304. The van der Waals surface area contributed by atoms with E-state index in [0.717, 1.165) is 0 Å². The molecule has 0 aliphatic heterocycles. The van der Waals surface area contributed by atoms with Crippen molar-refractivity contribution in [1.82, 2.24) is 0 Å². The predicted molar refractivity (Wildman–Crippen MR) is 65.2 cm³/mol. The number of rotatable bonds is 5. The summed E-state index contributed by atoms with van der Waals surface area (Å²) in [6.45, 7) is -0.813. The topological polar surface area (TPSA) is 57.5 Å². The highest BCUT2D eigenvalue weighted by molar-refractivity contribution is 6.33. The standard InChI is InChI=1S/C10H10ClFO.C2H6O2/c11-9(6-7-12)10(13)8-4-2-1-3-5-8;3-1-2-4/h1-5,9H,6-7H2;3-4H,1-2H2. The predicted octanol–water partition coefficient (Wildman–Crippen LogP) is 1.81. The number of ketones is 1. The van der Waals surface area contributed by atoms with Crippen molar-refractivity contribution in [1.29, 1.82) is 0 Å². The lowest BCUT2D eigenvalue weighted by molar-refractivity contribution is 0.0981. The summed E-state index contributed by atoms with van der Waals surface area (Å²) in [4.78, 5) is 11.4. The first-order valence-electron chi connectivity index (χ1n) is 5.18. The molecule has 0 saturated heterocycles. The smallest absolute Gasteiger partial charge is 0.180 e. The molecule has 0 aliphatic rings. The van der Waals surface area contributed by atoms with Gasteiger partial charge in [-0.15, -0.1) is 11.6 Å². The fraction of sp³-hybridized carbons (Fsp3) is 0.417. The third kappa shape index (κ3) is 7.05. The van der Waals surface area contributed by atoms with E-state index >= 15 is 0 Å². The molecule has 1 aromatic carbocycles. The summed E-state index contributed by atoms with van der Waals surface area (Å²) < 4.78 is 11.9. The molecule has 1 atom stereocenters. The van der Waals surface area contributed by atoms with Gasteiger partial charge in [-0.3, -0.25) is 9.18 Å². The third-order valence-corrected chi connectivity index (χ3v) is 2.22. The molecule has 0 aromatic heterocycles. The van der Waals surface area contributed by atoms with Crippen molar-refractivity contribution >= 4 is 17.4 Å². The van der Waals surface area contributed by atoms with Gasteiger partial charge in [-0.2, -0.15) is 0 Å². The molecule has 0 amide bonds. The zero-order valence-electron chi connectivity index (χ0n) is 9.35. The van der Waals surface area contributed by atoms with Gasteiger partial charge in [0.25, 0.3) is 0 Å². The number of hydrogen-bond donors (Lipinski definition) is 2. The van der Waals surface area contributed by atoms with Gasteiger partial charge in [0.2, 0.25) is 0 Å². The Hall–Kier alpha value is -0.970. The maximum atomic E-state index is 11.9. The summed E-state index contributed by atoms with van der Waals surface area (Å²) in [6, 6.07) is 8.68. The average Bonchev–Trinajstić information content (AvgIpc) is 2.39. The van der Waals surface area contributed by atoms with Gasteiger partial charge in [-0.1, -0.05) is 30.3 Å². The number of alkyl halides is 2. The van der Waals surface area contributed by atoms with E-state index in [1.165, 1.54) is 0 Å². The highest BCUT2D eigenvalue weighted by atomic mass is 35.5. The van der Waals surface area contributed by atoms with Crippen molar-refractivity contribution in [2.75, 3.05) is 19.9 Å². The van der Waals surface area contributed by atoms with Gasteiger partial charge in [0.15, 0.2) is 5.78 Å². The van der Waals surface area contributed by atoms with Crippen LogP contribution in [-0.4, -0.2) is 41.3 Å². The van der Waals surface area contributed by atoms with E-state index in [1.54, 1.807) is 24.3 Å². The maximum Gasteiger partial charge on any atom is 0.180 e. The summed E-state index contributed by atoms with van der Waals surface area (Å²) in [6.07, 6.45) is 0.0787. The van der Waals surface area contributed by atoms with Crippen LogP contribution in [0.3, 0.4) is 0 Å². The molecule has 0 spiro atoms. The first kappa shape index (κ1) is 16.0. The van der Waals surface area contributed by atoms with Crippen LogP contribution in [0.1, 0.15) is 16.8 Å². The van der Waals surface area contributed by atoms with Crippen LogP contribution in [-0.2, 0) is 0 Å². The molecule has 5 heteroatoms. The minimum atomic E-state index is -0.743. The number of halogens is 2. The molecule has 0 saturated carbocycles. The molecule has 1 unspecified atom stereocenters. The van der Waals surface area contributed by atoms with Crippen LogP contribution in [0.4, 0.5) is 4.39 Å². The molecule has 0 radical (unpaired) electrons. The monoisotopic (exact) mass is 262 g/mol. The summed E-state index contributed by atoms with van der Waals surface area (Å²) >= 11 is 5.68. The number of Topliss-reactive ketones (excluding diaryl/α,β-unsaturated/α-hetero) is 1. The number of carbonyl (C=O) groups excluding carboxylic acids is 1. The Balaban J connectivity index is 0.000000557. The molecular formula is C12H16ClFO3. The maximum absolute atomic E-state index is 11.9. The van der Waals surface area contributed by atoms with Crippen LogP contribution < -0.4 is 0 Å². The molecule has 0 bridgehead atoms. The summed E-state index contributed by atoms with van der Waals surface area (Å²) in [5, 5.41) is 14.5. The Kier molecular flexibility index (Phi) is 9.62. The largest absolute Gasteiger partial charge is 0.394 e. The van der Waals surface area contributed by atoms with Crippen molar-refractivity contribution in [3.8, 4) is 0 Å². The Morgan fingerprint density at radius 3 is 2.18 bits per heavy atom. The van der Waals surface area contributed by atoms with Crippen molar-refractivity contribution < 1.29 is 19.4 Å². The van der Waals surface area contributed by atoms with Gasteiger partial charge in [0.1, 0.15) is 0 Å². The molecule has 2 N–H and O–H groups in total. The van der Waals surface area contributed by atoms with E-state index in [4.69, 9.17) is 21.8 Å². The molecule has 1 aromatic rings. The number of hydrogen-bond acceptors (Lipinski definition) is 3. The van der Waals surface area contributed by atoms with Crippen molar-refractivity contribution in [3.05, 3.63) is 35.9 Å². The number of carbonyl (C=O) groups is 1. The fourth-order valence-corrected chi connectivity index (χ4v) is 1.22. The third-order valence-electron chi connectivity index (χ3n) is 1.81. The molecule has 17 heavy (non-hydrogen) atoms. The van der Waals surface area contributed by atoms with Crippen LogP contribution in [0.25, 0.3) is 0 Å². The molecular weight excluding hydrogens is 247 g/mol. The van der Waals surface area contributed by atoms with Crippen LogP contribution in [0, 0.1) is 0 Å². The molecule has 3 nitrogen and oxygen atoms in total. The van der Waals surface area contributed by atoms with Gasteiger partial charge >= 0.3 is 0 Å². The fourth-order valence-electron chi connectivity index (χ4n) is 1.01. The van der Waals surface area contributed by atoms with Gasteiger partial charge in [-0.25, -0.2) is 0 Å².